The molecule has 0 amide bonds. The molecular formula is C13H18ClNO2. The van der Waals surface area contributed by atoms with E-state index in [2.05, 4.69) is 5.32 Å². The lowest BCUT2D eigenvalue weighted by Crippen LogP contribution is -2.37. The molecule has 1 atom stereocenters. The van der Waals surface area contributed by atoms with Crippen LogP contribution in [0.25, 0.3) is 0 Å². The summed E-state index contributed by atoms with van der Waals surface area (Å²) in [5.41, 5.74) is 0.993. The number of carboxylic acid groups (broad SMARTS) is 1. The summed E-state index contributed by atoms with van der Waals surface area (Å²) in [4.78, 5) is 11.0. The summed E-state index contributed by atoms with van der Waals surface area (Å²) < 4.78 is 0. The zero-order chi connectivity index (χ0) is 12.8. The van der Waals surface area contributed by atoms with Crippen LogP contribution in [0, 0.1) is 5.92 Å². The monoisotopic (exact) mass is 255 g/mol. The van der Waals surface area contributed by atoms with Crippen LogP contribution in [0.15, 0.2) is 24.3 Å². The lowest BCUT2D eigenvalue weighted by molar-refractivity contribution is -0.140. The van der Waals surface area contributed by atoms with Crippen LogP contribution in [-0.4, -0.2) is 17.1 Å². The molecule has 0 heterocycles. The van der Waals surface area contributed by atoms with E-state index in [9.17, 15) is 4.79 Å². The first-order valence-corrected chi connectivity index (χ1v) is 6.07. The quantitative estimate of drug-likeness (QED) is 0.822. The van der Waals surface area contributed by atoms with Gasteiger partial charge in [-0.3, -0.25) is 4.79 Å². The molecule has 0 saturated carbocycles. The highest BCUT2D eigenvalue weighted by molar-refractivity contribution is 6.30. The van der Waals surface area contributed by atoms with E-state index in [4.69, 9.17) is 16.7 Å². The van der Waals surface area contributed by atoms with Gasteiger partial charge in [-0.05, 0) is 30.0 Å². The van der Waals surface area contributed by atoms with Crippen LogP contribution in [0.5, 0.6) is 0 Å². The average Bonchev–Trinajstić information content (AvgIpc) is 2.23. The largest absolute Gasteiger partial charge is 0.480 e. The molecule has 0 fully saturated rings. The minimum Gasteiger partial charge on any atom is -0.480 e. The highest BCUT2D eigenvalue weighted by atomic mass is 35.5. The summed E-state index contributed by atoms with van der Waals surface area (Å²) in [5.74, 6) is -0.455. The first kappa shape index (κ1) is 14.0. The molecule has 0 bridgehead atoms. The highest BCUT2D eigenvalue weighted by Gasteiger charge is 2.17. The van der Waals surface area contributed by atoms with Crippen LogP contribution >= 0.6 is 11.6 Å². The second-order valence-corrected chi connectivity index (χ2v) is 4.97. The van der Waals surface area contributed by atoms with Gasteiger partial charge in [0.1, 0.15) is 6.04 Å². The number of nitrogens with one attached hydrogen (secondary N) is 1. The number of aliphatic carboxylic acids is 1. The Bertz CT molecular complexity index is 379. The van der Waals surface area contributed by atoms with Crippen molar-refractivity contribution in [2.75, 3.05) is 0 Å². The van der Waals surface area contributed by atoms with Crippen molar-refractivity contribution in [3.8, 4) is 0 Å². The fraction of sp³-hybridized carbons (Fsp3) is 0.462. The number of carbonyl (C=O) groups is 1. The van der Waals surface area contributed by atoms with Gasteiger partial charge in [-0.2, -0.15) is 0 Å². The smallest absolute Gasteiger partial charge is 0.320 e. The fourth-order valence-corrected chi connectivity index (χ4v) is 1.84. The molecular weight excluding hydrogens is 238 g/mol. The molecule has 3 nitrogen and oxygen atoms in total. The van der Waals surface area contributed by atoms with Crippen molar-refractivity contribution >= 4 is 17.6 Å². The summed E-state index contributed by atoms with van der Waals surface area (Å²) in [5, 5.41) is 12.8. The summed E-state index contributed by atoms with van der Waals surface area (Å²) in [6.07, 6.45) is 0.621. The van der Waals surface area contributed by atoms with Crippen molar-refractivity contribution in [1.29, 1.82) is 0 Å². The molecule has 0 aliphatic heterocycles. The van der Waals surface area contributed by atoms with Gasteiger partial charge in [0.05, 0.1) is 0 Å². The van der Waals surface area contributed by atoms with E-state index in [0.29, 0.717) is 23.9 Å². The molecule has 0 radical (unpaired) electrons. The molecule has 0 spiro atoms. The van der Waals surface area contributed by atoms with E-state index in [1.54, 1.807) is 6.07 Å². The molecule has 17 heavy (non-hydrogen) atoms. The van der Waals surface area contributed by atoms with Crippen LogP contribution in [0.3, 0.4) is 0 Å². The minimum absolute atomic E-state index is 0.350. The van der Waals surface area contributed by atoms with E-state index in [0.717, 1.165) is 5.56 Å². The molecule has 4 heteroatoms. The third kappa shape index (κ3) is 5.20. The average molecular weight is 256 g/mol. The van der Waals surface area contributed by atoms with Crippen molar-refractivity contribution < 1.29 is 9.90 Å². The van der Waals surface area contributed by atoms with Crippen LogP contribution in [0.4, 0.5) is 0 Å². The van der Waals surface area contributed by atoms with Gasteiger partial charge in [0.2, 0.25) is 0 Å². The maximum Gasteiger partial charge on any atom is 0.320 e. The second-order valence-electron chi connectivity index (χ2n) is 4.53. The van der Waals surface area contributed by atoms with Gasteiger partial charge in [0.25, 0.3) is 0 Å². The summed E-state index contributed by atoms with van der Waals surface area (Å²) >= 11 is 5.86. The van der Waals surface area contributed by atoms with Crippen molar-refractivity contribution in [2.45, 2.75) is 32.9 Å². The zero-order valence-electron chi connectivity index (χ0n) is 10.1. The van der Waals surface area contributed by atoms with E-state index in [1.165, 1.54) is 0 Å². The van der Waals surface area contributed by atoms with Crippen LogP contribution in [-0.2, 0) is 11.3 Å². The topological polar surface area (TPSA) is 49.3 Å². The number of halogens is 1. The number of carboxylic acids is 1. The van der Waals surface area contributed by atoms with Crippen LogP contribution in [0.2, 0.25) is 5.02 Å². The Balaban J connectivity index is 2.54. The second kappa shape index (κ2) is 6.62. The predicted molar refractivity (Wildman–Crippen MR) is 69.2 cm³/mol. The maximum absolute atomic E-state index is 11.0. The standard InChI is InChI=1S/C13H18ClNO2/c1-9(2)6-12(13(16)17)15-8-10-4-3-5-11(14)7-10/h3-5,7,9,12,15H,6,8H2,1-2H3,(H,16,17). The molecule has 2 N–H and O–H groups in total. The van der Waals surface area contributed by atoms with E-state index in [-0.39, 0.29) is 0 Å². The Kier molecular flexibility index (Phi) is 5.45. The Labute approximate surface area is 107 Å². The molecule has 0 saturated heterocycles. The number of benzene rings is 1. The lowest BCUT2D eigenvalue weighted by Gasteiger charge is -2.16. The summed E-state index contributed by atoms with van der Waals surface area (Å²) in [7, 11) is 0. The molecule has 0 aromatic heterocycles. The first-order chi connectivity index (χ1) is 7.99. The van der Waals surface area contributed by atoms with Gasteiger partial charge < -0.3 is 10.4 Å². The molecule has 1 rings (SSSR count). The summed E-state index contributed by atoms with van der Waals surface area (Å²) in [6.45, 7) is 4.54. The zero-order valence-corrected chi connectivity index (χ0v) is 10.9. The normalized spacial score (nSPS) is 12.7. The Morgan fingerprint density at radius 3 is 2.71 bits per heavy atom. The van der Waals surface area contributed by atoms with E-state index < -0.39 is 12.0 Å². The fourth-order valence-electron chi connectivity index (χ4n) is 1.63. The van der Waals surface area contributed by atoms with Crippen molar-refractivity contribution in [1.82, 2.24) is 5.32 Å². The van der Waals surface area contributed by atoms with Crippen molar-refractivity contribution in [2.24, 2.45) is 5.92 Å². The lowest BCUT2D eigenvalue weighted by atomic mass is 10.0. The first-order valence-electron chi connectivity index (χ1n) is 5.69. The number of hydrogen-bond acceptors (Lipinski definition) is 2. The maximum atomic E-state index is 11.0. The Morgan fingerprint density at radius 2 is 2.18 bits per heavy atom. The van der Waals surface area contributed by atoms with Gasteiger partial charge in [0, 0.05) is 11.6 Å². The molecule has 1 aromatic rings. The molecule has 1 unspecified atom stereocenters. The molecule has 94 valence electrons. The third-order valence-electron chi connectivity index (χ3n) is 2.45. The van der Waals surface area contributed by atoms with Gasteiger partial charge in [-0.15, -0.1) is 0 Å². The number of hydrogen-bond donors (Lipinski definition) is 2. The van der Waals surface area contributed by atoms with Gasteiger partial charge in [0.15, 0.2) is 0 Å². The predicted octanol–water partition coefficient (Wildman–Crippen LogP) is 2.93. The Hall–Kier alpha value is -1.06. The Morgan fingerprint density at radius 1 is 1.47 bits per heavy atom. The van der Waals surface area contributed by atoms with Gasteiger partial charge >= 0.3 is 5.97 Å². The van der Waals surface area contributed by atoms with E-state index in [1.807, 2.05) is 32.0 Å². The van der Waals surface area contributed by atoms with Crippen LogP contribution < -0.4 is 5.32 Å². The number of rotatable bonds is 6. The van der Waals surface area contributed by atoms with Crippen molar-refractivity contribution in [3.05, 3.63) is 34.9 Å². The van der Waals surface area contributed by atoms with Gasteiger partial charge in [-0.1, -0.05) is 37.6 Å². The molecule has 0 aliphatic rings. The van der Waals surface area contributed by atoms with Gasteiger partial charge in [-0.25, -0.2) is 0 Å². The van der Waals surface area contributed by atoms with Crippen molar-refractivity contribution in [3.63, 3.8) is 0 Å². The van der Waals surface area contributed by atoms with Crippen LogP contribution in [0.1, 0.15) is 25.8 Å². The SMILES string of the molecule is CC(C)CC(NCc1cccc(Cl)c1)C(=O)O. The highest BCUT2D eigenvalue weighted by Crippen LogP contribution is 2.11. The molecule has 0 aliphatic carbocycles. The summed E-state index contributed by atoms with van der Waals surface area (Å²) in [6, 6.07) is 6.91. The van der Waals surface area contributed by atoms with E-state index >= 15 is 0 Å². The molecule has 1 aromatic carbocycles. The minimum atomic E-state index is -0.805. The third-order valence-corrected chi connectivity index (χ3v) is 2.68.